The molecule has 72 heavy (non-hydrogen) atoms. The molecule has 4 aromatic carbocycles. The van der Waals surface area contributed by atoms with Gasteiger partial charge in [0.25, 0.3) is 0 Å². The van der Waals surface area contributed by atoms with Gasteiger partial charge in [0.05, 0.1) is 36.7 Å². The van der Waals surface area contributed by atoms with Crippen LogP contribution in [0.15, 0.2) is 156 Å². The van der Waals surface area contributed by atoms with Gasteiger partial charge in [-0.25, -0.2) is 0 Å². The highest BCUT2D eigenvalue weighted by atomic mass is 16.5. The van der Waals surface area contributed by atoms with Crippen LogP contribution < -0.4 is 20.9 Å². The topological polar surface area (TPSA) is 168 Å². The largest absolute Gasteiger partial charge is 0.489 e. The van der Waals surface area contributed by atoms with E-state index in [-0.39, 0.29) is 0 Å². The van der Waals surface area contributed by atoms with Crippen LogP contribution in [-0.2, 0) is 13.2 Å². The molecule has 0 aliphatic carbocycles. The molecule has 2 aromatic heterocycles. The first-order valence-electron chi connectivity index (χ1n) is 25.1. The van der Waals surface area contributed by atoms with E-state index in [1.54, 1.807) is 24.8 Å². The molecule has 0 saturated carbocycles. The quantitative estimate of drug-likeness (QED) is 0.0652. The van der Waals surface area contributed by atoms with E-state index >= 15 is 0 Å². The van der Waals surface area contributed by atoms with E-state index in [0.29, 0.717) is 75.7 Å². The molecule has 4 heterocycles. The first-order chi connectivity index (χ1) is 34.8. The summed E-state index contributed by atoms with van der Waals surface area (Å²) in [4.78, 5) is 22.4. The molecule has 0 spiro atoms. The Morgan fingerprint density at radius 1 is 0.486 bits per heavy atom. The predicted molar refractivity (Wildman–Crippen MR) is 294 cm³/mol. The minimum atomic E-state index is -0.396. The Hall–Kier alpha value is -6.96. The average Bonchev–Trinajstić information content (AvgIpc) is 3.39. The van der Waals surface area contributed by atoms with Gasteiger partial charge in [-0.2, -0.15) is 0 Å². The van der Waals surface area contributed by atoms with Gasteiger partial charge in [-0.05, 0) is 108 Å². The van der Waals surface area contributed by atoms with E-state index in [4.69, 9.17) is 30.9 Å². The van der Waals surface area contributed by atoms with Gasteiger partial charge in [-0.1, -0.05) is 100 Å². The normalized spacial score (nSPS) is 15.9. The summed E-state index contributed by atoms with van der Waals surface area (Å²) in [6.07, 6.45) is 6.18. The van der Waals surface area contributed by atoms with Crippen molar-refractivity contribution in [3.63, 3.8) is 0 Å². The zero-order valence-electron chi connectivity index (χ0n) is 42.8. The molecule has 8 rings (SSSR count). The summed E-state index contributed by atoms with van der Waals surface area (Å²) in [5.41, 5.74) is 27.1. The van der Waals surface area contributed by atoms with E-state index in [0.717, 1.165) is 80.5 Å². The van der Waals surface area contributed by atoms with Crippen LogP contribution in [0.2, 0.25) is 0 Å². The molecule has 0 amide bonds. The van der Waals surface area contributed by atoms with Gasteiger partial charge >= 0.3 is 0 Å². The Morgan fingerprint density at radius 3 is 1.15 bits per heavy atom. The first kappa shape index (κ1) is 52.9. The van der Waals surface area contributed by atoms with Crippen molar-refractivity contribution in [2.45, 2.75) is 78.8 Å². The van der Waals surface area contributed by atoms with Crippen LogP contribution >= 0.6 is 0 Å². The number of rotatable bonds is 18. The monoisotopic (exact) mass is 969 g/mol. The molecular formula is C60H72N8O4. The number of ether oxygens (including phenoxy) is 2. The number of aliphatic hydroxyl groups is 2. The lowest BCUT2D eigenvalue weighted by atomic mass is 9.94. The molecule has 12 nitrogen and oxygen atoms in total. The Kier molecular flexibility index (Phi) is 19.0. The van der Waals surface area contributed by atoms with Crippen molar-refractivity contribution in [2.75, 3.05) is 52.4 Å². The zero-order valence-corrected chi connectivity index (χ0v) is 42.8. The number of aromatic nitrogens is 2. The second-order valence-corrected chi connectivity index (χ2v) is 19.3. The molecule has 2 aliphatic heterocycles. The molecule has 0 radical (unpaired) electrons. The molecule has 2 unspecified atom stereocenters. The average molecular weight is 969 g/mol. The number of nitrogens with zero attached hydrogens (tertiary/aromatic N) is 6. The van der Waals surface area contributed by atoms with Crippen molar-refractivity contribution >= 4 is 34.0 Å². The van der Waals surface area contributed by atoms with E-state index < -0.39 is 12.2 Å². The van der Waals surface area contributed by atoms with Gasteiger partial charge in [0.15, 0.2) is 0 Å². The van der Waals surface area contributed by atoms with Crippen molar-refractivity contribution in [2.24, 2.45) is 21.5 Å². The van der Waals surface area contributed by atoms with E-state index in [1.807, 2.05) is 86.6 Å². The summed E-state index contributed by atoms with van der Waals surface area (Å²) in [6.45, 7) is 18.9. The van der Waals surface area contributed by atoms with Crippen LogP contribution in [0, 0.1) is 0 Å². The summed E-state index contributed by atoms with van der Waals surface area (Å²) >= 11 is 0. The second kappa shape index (κ2) is 25.9. The standard InChI is InChI=1S/2C30H36N4O2/c2*1-21(2)24-6-4-23(5-7-24)20-36-27-10-8-25(9-11-27)29(30(31)26-12-14-32-15-13-26)28-19-34(17-16-33-28)18-22(3)35/h2*4-15,21-22,35H,16-20,31H2,1-3H3. The van der Waals surface area contributed by atoms with Crippen molar-refractivity contribution in [3.05, 3.63) is 191 Å². The van der Waals surface area contributed by atoms with Crippen LogP contribution in [0.1, 0.15) is 97.9 Å². The number of aliphatic hydroxyl groups excluding tert-OH is 2. The van der Waals surface area contributed by atoms with Crippen molar-refractivity contribution < 1.29 is 19.7 Å². The minimum absolute atomic E-state index is 0.396. The highest BCUT2D eigenvalue weighted by Gasteiger charge is 2.24. The minimum Gasteiger partial charge on any atom is -0.489 e. The zero-order chi connectivity index (χ0) is 51.0. The van der Waals surface area contributed by atoms with Crippen LogP contribution in [0.4, 0.5) is 0 Å². The highest BCUT2D eigenvalue weighted by molar-refractivity contribution is 6.31. The SMILES string of the molecule is CC(O)CN1CCN=C(C(=C(N)c2ccncc2)c2ccc(OCc3ccc(C(C)C)cc3)cc2)C1.CC(O)CN1CCN=C(C(=C(N)c2ccncc2)c2ccc(OCc3ccc(C(C)C)cc3)cc2)C1. The molecule has 0 bridgehead atoms. The first-order valence-corrected chi connectivity index (χ1v) is 25.1. The number of pyridine rings is 2. The summed E-state index contributed by atoms with van der Waals surface area (Å²) in [5.74, 6) is 2.63. The lowest BCUT2D eigenvalue weighted by Crippen LogP contribution is -2.40. The molecule has 6 aromatic rings. The number of β-amino-alcohol motifs (C(OH)–C–C–N with tert-alkyl or cyclic N) is 2. The van der Waals surface area contributed by atoms with Gasteiger partial charge in [-0.3, -0.25) is 29.8 Å². The maximum atomic E-state index is 9.90. The lowest BCUT2D eigenvalue weighted by Gasteiger charge is -2.29. The van der Waals surface area contributed by atoms with Crippen molar-refractivity contribution in [1.82, 2.24) is 19.8 Å². The van der Waals surface area contributed by atoms with Crippen LogP contribution in [-0.4, -0.2) is 106 Å². The molecule has 2 atom stereocenters. The fourth-order valence-electron chi connectivity index (χ4n) is 8.78. The molecule has 12 heteroatoms. The van der Waals surface area contributed by atoms with Crippen molar-refractivity contribution in [1.29, 1.82) is 0 Å². The number of benzene rings is 4. The van der Waals surface area contributed by atoms with Gasteiger partial charge in [0.1, 0.15) is 24.7 Å². The number of aliphatic imine (C=N–C) groups is 2. The molecule has 2 aliphatic rings. The maximum absolute atomic E-state index is 9.90. The third kappa shape index (κ3) is 15.0. The lowest BCUT2D eigenvalue weighted by molar-refractivity contribution is 0.135. The van der Waals surface area contributed by atoms with E-state index in [9.17, 15) is 10.2 Å². The summed E-state index contributed by atoms with van der Waals surface area (Å²) < 4.78 is 12.1. The predicted octanol–water partition coefficient (Wildman–Crippen LogP) is 9.50. The molecule has 0 saturated heterocycles. The molecule has 376 valence electrons. The number of hydrogen-bond donors (Lipinski definition) is 4. The second-order valence-electron chi connectivity index (χ2n) is 19.3. The van der Waals surface area contributed by atoms with Crippen LogP contribution in [0.25, 0.3) is 22.5 Å². The summed E-state index contributed by atoms with van der Waals surface area (Å²) in [6, 6.07) is 40.9. The Labute approximate surface area is 426 Å². The molecule has 6 N–H and O–H groups in total. The Balaban J connectivity index is 0.000000211. The summed E-state index contributed by atoms with van der Waals surface area (Å²) in [7, 11) is 0. The van der Waals surface area contributed by atoms with Gasteiger partial charge < -0.3 is 31.2 Å². The number of nitrogens with two attached hydrogens (primary N) is 2. The third-order valence-corrected chi connectivity index (χ3v) is 12.7. The van der Waals surface area contributed by atoms with Crippen molar-refractivity contribution in [3.8, 4) is 11.5 Å². The van der Waals surface area contributed by atoms with Gasteiger partial charge in [-0.15, -0.1) is 0 Å². The van der Waals surface area contributed by atoms with Crippen LogP contribution in [0.5, 0.6) is 11.5 Å². The summed E-state index contributed by atoms with van der Waals surface area (Å²) in [5, 5.41) is 19.8. The maximum Gasteiger partial charge on any atom is 0.119 e. The highest BCUT2D eigenvalue weighted by Crippen LogP contribution is 2.30. The van der Waals surface area contributed by atoms with Gasteiger partial charge in [0, 0.05) is 97.7 Å². The Bertz CT molecular complexity index is 2560. The Morgan fingerprint density at radius 2 is 0.833 bits per heavy atom. The third-order valence-electron chi connectivity index (χ3n) is 12.7. The number of hydrogen-bond acceptors (Lipinski definition) is 12. The van der Waals surface area contributed by atoms with Gasteiger partial charge in [0.2, 0.25) is 0 Å². The smallest absolute Gasteiger partial charge is 0.119 e. The van der Waals surface area contributed by atoms with Crippen LogP contribution in [0.3, 0.4) is 0 Å². The fraction of sp³-hybridized carbons (Fsp3) is 0.333. The molecule has 0 fully saturated rings. The van der Waals surface area contributed by atoms with E-state index in [2.05, 4.69) is 96.0 Å². The fourth-order valence-corrected chi connectivity index (χ4v) is 8.78. The molecular weight excluding hydrogens is 897 g/mol. The van der Waals surface area contributed by atoms with E-state index in [1.165, 1.54) is 11.1 Å².